The molecule has 1 aliphatic rings. The minimum absolute atomic E-state index is 0.131. The van der Waals surface area contributed by atoms with Crippen molar-refractivity contribution in [2.45, 2.75) is 31.9 Å². The lowest BCUT2D eigenvalue weighted by Gasteiger charge is -2.28. The Balaban J connectivity index is 1.74. The maximum absolute atomic E-state index is 12.1. The summed E-state index contributed by atoms with van der Waals surface area (Å²) in [5.74, 6) is 0.387. The van der Waals surface area contributed by atoms with Gasteiger partial charge in [-0.2, -0.15) is 0 Å². The van der Waals surface area contributed by atoms with E-state index in [1.165, 1.54) is 0 Å². The van der Waals surface area contributed by atoms with E-state index in [-0.39, 0.29) is 18.2 Å². The van der Waals surface area contributed by atoms with Gasteiger partial charge in [-0.15, -0.1) is 0 Å². The Kier molecular flexibility index (Phi) is 5.66. The van der Waals surface area contributed by atoms with E-state index in [2.05, 4.69) is 29.3 Å². The van der Waals surface area contributed by atoms with E-state index in [9.17, 15) is 9.90 Å². The summed E-state index contributed by atoms with van der Waals surface area (Å²) in [4.78, 5) is 15.8. The highest BCUT2D eigenvalue weighted by atomic mass is 16.3. The minimum Gasteiger partial charge on any atom is -0.391 e. The molecule has 0 aromatic heterocycles. The minimum atomic E-state index is -0.389. The SMILES string of the molecule is CC(CNC(=O)N(C)CC(O)C1CC1)N(C)c1ccccc1. The van der Waals surface area contributed by atoms with Crippen molar-refractivity contribution in [1.29, 1.82) is 0 Å². The lowest BCUT2D eigenvalue weighted by Crippen LogP contribution is -2.46. The van der Waals surface area contributed by atoms with Gasteiger partial charge in [0.1, 0.15) is 0 Å². The third-order valence-corrected chi connectivity index (χ3v) is 4.35. The maximum Gasteiger partial charge on any atom is 0.317 e. The predicted octanol–water partition coefficient (Wildman–Crippen LogP) is 1.92. The molecule has 1 aliphatic carbocycles. The van der Waals surface area contributed by atoms with Gasteiger partial charge in [0.2, 0.25) is 0 Å². The van der Waals surface area contributed by atoms with Crippen LogP contribution in [0.2, 0.25) is 0 Å². The number of rotatable bonds is 7. The molecule has 0 bridgehead atoms. The van der Waals surface area contributed by atoms with Crippen LogP contribution in [0.4, 0.5) is 10.5 Å². The molecular weight excluding hydrogens is 278 g/mol. The molecule has 0 aliphatic heterocycles. The summed E-state index contributed by atoms with van der Waals surface area (Å²) in [6, 6.07) is 10.2. The van der Waals surface area contributed by atoms with Gasteiger partial charge in [0, 0.05) is 38.9 Å². The van der Waals surface area contributed by atoms with Crippen LogP contribution in [0, 0.1) is 5.92 Å². The second-order valence-electron chi connectivity index (χ2n) is 6.27. The summed E-state index contributed by atoms with van der Waals surface area (Å²) in [5.41, 5.74) is 1.13. The van der Waals surface area contributed by atoms with Gasteiger partial charge < -0.3 is 20.2 Å². The van der Waals surface area contributed by atoms with Gasteiger partial charge >= 0.3 is 6.03 Å². The Labute approximate surface area is 132 Å². The van der Waals surface area contributed by atoms with Crippen molar-refractivity contribution in [1.82, 2.24) is 10.2 Å². The van der Waals surface area contributed by atoms with Gasteiger partial charge in [0.25, 0.3) is 0 Å². The van der Waals surface area contributed by atoms with Crippen molar-refractivity contribution in [3.63, 3.8) is 0 Å². The molecule has 1 aromatic rings. The van der Waals surface area contributed by atoms with Gasteiger partial charge in [-0.1, -0.05) is 18.2 Å². The van der Waals surface area contributed by atoms with Crippen LogP contribution in [-0.4, -0.2) is 55.4 Å². The number of urea groups is 1. The van der Waals surface area contributed by atoms with Crippen molar-refractivity contribution in [3.05, 3.63) is 30.3 Å². The van der Waals surface area contributed by atoms with Crippen LogP contribution in [0.3, 0.4) is 0 Å². The van der Waals surface area contributed by atoms with Crippen LogP contribution in [-0.2, 0) is 0 Å². The number of aliphatic hydroxyl groups excluding tert-OH is 1. The molecule has 2 atom stereocenters. The second kappa shape index (κ2) is 7.49. The van der Waals surface area contributed by atoms with Crippen molar-refractivity contribution in [2.75, 3.05) is 32.1 Å². The molecule has 1 saturated carbocycles. The first-order valence-corrected chi connectivity index (χ1v) is 7.94. The Morgan fingerprint density at radius 1 is 1.32 bits per heavy atom. The molecule has 0 heterocycles. The second-order valence-corrected chi connectivity index (χ2v) is 6.27. The lowest BCUT2D eigenvalue weighted by atomic mass is 10.2. The molecule has 22 heavy (non-hydrogen) atoms. The molecule has 2 rings (SSSR count). The third-order valence-electron chi connectivity index (χ3n) is 4.35. The van der Waals surface area contributed by atoms with Crippen LogP contribution < -0.4 is 10.2 Å². The van der Waals surface area contributed by atoms with E-state index in [1.54, 1.807) is 11.9 Å². The first-order valence-electron chi connectivity index (χ1n) is 7.94. The Morgan fingerprint density at radius 3 is 2.55 bits per heavy atom. The Hall–Kier alpha value is -1.75. The molecular formula is C17H27N3O2. The smallest absolute Gasteiger partial charge is 0.317 e. The normalized spacial score (nSPS) is 16.7. The number of carbonyl (C=O) groups excluding carboxylic acids is 1. The summed E-state index contributed by atoms with van der Waals surface area (Å²) in [5, 5.41) is 12.8. The standard InChI is InChI=1S/C17H27N3O2/c1-13(20(3)15-7-5-4-6-8-15)11-18-17(22)19(2)12-16(21)14-9-10-14/h4-8,13-14,16,21H,9-12H2,1-3H3,(H,18,22). The number of nitrogens with one attached hydrogen (secondary N) is 1. The number of aliphatic hydroxyl groups is 1. The molecule has 1 aromatic carbocycles. The number of nitrogens with zero attached hydrogens (tertiary/aromatic N) is 2. The number of carbonyl (C=O) groups is 1. The highest BCUT2D eigenvalue weighted by molar-refractivity contribution is 5.74. The third kappa shape index (κ3) is 4.63. The summed E-state index contributed by atoms with van der Waals surface area (Å²) in [6.07, 6.45) is 1.77. The molecule has 0 radical (unpaired) electrons. The molecule has 2 amide bonds. The summed E-state index contributed by atoms with van der Waals surface area (Å²) in [7, 11) is 3.75. The van der Waals surface area contributed by atoms with E-state index < -0.39 is 0 Å². The van der Waals surface area contributed by atoms with Crippen molar-refractivity contribution >= 4 is 11.7 Å². The molecule has 5 heteroatoms. The first kappa shape index (κ1) is 16.6. The number of hydrogen-bond donors (Lipinski definition) is 2. The predicted molar refractivity (Wildman–Crippen MR) is 89.1 cm³/mol. The van der Waals surface area contributed by atoms with Gasteiger partial charge in [-0.25, -0.2) is 4.79 Å². The van der Waals surface area contributed by atoms with Gasteiger partial charge in [-0.05, 0) is 37.8 Å². The van der Waals surface area contributed by atoms with E-state index in [1.807, 2.05) is 25.2 Å². The molecule has 122 valence electrons. The number of amides is 2. The van der Waals surface area contributed by atoms with Crippen LogP contribution in [0.1, 0.15) is 19.8 Å². The summed E-state index contributed by atoms with van der Waals surface area (Å²) in [6.45, 7) is 3.04. The summed E-state index contributed by atoms with van der Waals surface area (Å²) >= 11 is 0. The molecule has 2 N–H and O–H groups in total. The highest BCUT2D eigenvalue weighted by Crippen LogP contribution is 2.32. The number of anilines is 1. The van der Waals surface area contributed by atoms with E-state index >= 15 is 0 Å². The van der Waals surface area contributed by atoms with Crippen LogP contribution >= 0.6 is 0 Å². The Morgan fingerprint density at radius 2 is 1.95 bits per heavy atom. The van der Waals surface area contributed by atoms with E-state index in [0.29, 0.717) is 19.0 Å². The topological polar surface area (TPSA) is 55.8 Å². The van der Waals surface area contributed by atoms with Crippen molar-refractivity contribution in [2.24, 2.45) is 5.92 Å². The van der Waals surface area contributed by atoms with Crippen LogP contribution in [0.25, 0.3) is 0 Å². The van der Waals surface area contributed by atoms with Crippen molar-refractivity contribution < 1.29 is 9.90 Å². The van der Waals surface area contributed by atoms with E-state index in [4.69, 9.17) is 0 Å². The molecule has 5 nitrogen and oxygen atoms in total. The van der Waals surface area contributed by atoms with Gasteiger partial charge in [0.05, 0.1) is 6.10 Å². The fourth-order valence-electron chi connectivity index (χ4n) is 2.42. The molecule has 1 fully saturated rings. The fourth-order valence-corrected chi connectivity index (χ4v) is 2.42. The van der Waals surface area contributed by atoms with E-state index in [0.717, 1.165) is 18.5 Å². The molecule has 0 spiro atoms. The van der Waals surface area contributed by atoms with Gasteiger partial charge in [-0.3, -0.25) is 0 Å². The molecule has 2 unspecified atom stereocenters. The quantitative estimate of drug-likeness (QED) is 0.809. The number of likely N-dealkylation sites (N-methyl/N-ethyl adjacent to an activating group) is 2. The fraction of sp³-hybridized carbons (Fsp3) is 0.588. The number of para-hydroxylation sites is 1. The van der Waals surface area contributed by atoms with Crippen LogP contribution in [0.5, 0.6) is 0 Å². The number of benzene rings is 1. The Bertz CT molecular complexity index is 476. The lowest BCUT2D eigenvalue weighted by molar-refractivity contribution is 0.113. The number of hydrogen-bond acceptors (Lipinski definition) is 3. The average molecular weight is 305 g/mol. The molecule has 0 saturated heterocycles. The van der Waals surface area contributed by atoms with Crippen LogP contribution in [0.15, 0.2) is 30.3 Å². The summed E-state index contributed by atoms with van der Waals surface area (Å²) < 4.78 is 0. The zero-order valence-corrected chi connectivity index (χ0v) is 13.7. The van der Waals surface area contributed by atoms with Gasteiger partial charge in [0.15, 0.2) is 0 Å². The average Bonchev–Trinajstić information content (AvgIpc) is 3.37. The first-order chi connectivity index (χ1) is 10.5. The zero-order valence-electron chi connectivity index (χ0n) is 13.7. The zero-order chi connectivity index (χ0) is 16.1. The monoisotopic (exact) mass is 305 g/mol. The highest BCUT2D eigenvalue weighted by Gasteiger charge is 2.31. The maximum atomic E-state index is 12.1. The largest absolute Gasteiger partial charge is 0.391 e. The van der Waals surface area contributed by atoms with Crippen molar-refractivity contribution in [3.8, 4) is 0 Å².